The van der Waals surface area contributed by atoms with Crippen molar-refractivity contribution in [2.75, 3.05) is 18.5 Å². The van der Waals surface area contributed by atoms with Crippen LogP contribution in [0.5, 0.6) is 0 Å². The van der Waals surface area contributed by atoms with Gasteiger partial charge in [-0.05, 0) is 50.7 Å². The van der Waals surface area contributed by atoms with Crippen molar-refractivity contribution in [2.24, 2.45) is 0 Å². The maximum absolute atomic E-state index is 2.51. The van der Waals surface area contributed by atoms with E-state index in [1.807, 2.05) is 0 Å². The largest absolute Gasteiger partial charge is 0.0939 e. The molecule has 0 aromatic heterocycles. The Morgan fingerprint density at radius 2 is 0.657 bits per heavy atom. The van der Waals surface area contributed by atoms with Crippen molar-refractivity contribution in [3.05, 3.63) is 30.3 Å². The lowest BCUT2D eigenvalue weighted by Crippen LogP contribution is -2.21. The summed E-state index contributed by atoms with van der Waals surface area (Å²) in [6.07, 6.45) is 36.4. The normalized spacial score (nSPS) is 11.9. The van der Waals surface area contributed by atoms with Crippen molar-refractivity contribution in [1.82, 2.24) is 0 Å². The molecule has 35 heavy (non-hydrogen) atoms. The second kappa shape index (κ2) is 24.0. The Morgan fingerprint density at radius 3 is 0.971 bits per heavy atom. The van der Waals surface area contributed by atoms with Crippen LogP contribution in [0.3, 0.4) is 0 Å². The maximum atomic E-state index is 2.51. The van der Waals surface area contributed by atoms with E-state index in [9.17, 15) is 0 Å². The summed E-state index contributed by atoms with van der Waals surface area (Å²) in [5, 5.41) is 1.76. The zero-order chi connectivity index (χ0) is 25.3. The smallest absolute Gasteiger partial charge is 0.0654 e. The molecular formula is C34H64P+. The molecule has 0 bridgehead atoms. The highest BCUT2D eigenvalue weighted by Gasteiger charge is 2.38. The van der Waals surface area contributed by atoms with Gasteiger partial charge >= 0.3 is 0 Å². The van der Waals surface area contributed by atoms with Crippen molar-refractivity contribution in [2.45, 2.75) is 162 Å². The Balaban J connectivity index is 2.65. The number of hydrogen-bond acceptors (Lipinski definition) is 0. The first-order valence-electron chi connectivity index (χ1n) is 16.2. The van der Waals surface area contributed by atoms with Gasteiger partial charge in [0.2, 0.25) is 0 Å². The van der Waals surface area contributed by atoms with E-state index in [0.717, 1.165) is 0 Å². The van der Waals surface area contributed by atoms with E-state index in [-0.39, 0.29) is 0 Å². The van der Waals surface area contributed by atoms with Gasteiger partial charge in [0, 0.05) is 7.26 Å². The highest BCUT2D eigenvalue weighted by Crippen LogP contribution is 2.59. The summed E-state index contributed by atoms with van der Waals surface area (Å²) in [5.41, 5.74) is 0. The molecule has 0 aliphatic heterocycles. The molecule has 0 radical (unpaired) electrons. The van der Waals surface area contributed by atoms with E-state index in [1.54, 1.807) is 5.30 Å². The summed E-state index contributed by atoms with van der Waals surface area (Å²) >= 11 is 0. The Hall–Kier alpha value is -0.350. The molecule has 0 aliphatic rings. The maximum Gasteiger partial charge on any atom is 0.0939 e. The SMILES string of the molecule is CCCCCCCCCC[P+](CCCCCCCCC)(CCCCCCCCC)c1ccccc1. The third kappa shape index (κ3) is 16.9. The van der Waals surface area contributed by atoms with E-state index in [4.69, 9.17) is 0 Å². The molecular weight excluding hydrogens is 439 g/mol. The van der Waals surface area contributed by atoms with Gasteiger partial charge in [-0.25, -0.2) is 0 Å². The fourth-order valence-electron chi connectivity index (χ4n) is 5.76. The van der Waals surface area contributed by atoms with Gasteiger partial charge in [0.05, 0.1) is 23.8 Å². The van der Waals surface area contributed by atoms with E-state index < -0.39 is 7.26 Å². The van der Waals surface area contributed by atoms with Gasteiger partial charge in [0.15, 0.2) is 0 Å². The first-order valence-corrected chi connectivity index (χ1v) is 18.5. The van der Waals surface area contributed by atoms with Gasteiger partial charge in [-0.1, -0.05) is 142 Å². The highest BCUT2D eigenvalue weighted by atomic mass is 31.2. The fraction of sp³-hybridized carbons (Fsp3) is 0.824. The summed E-state index contributed by atoms with van der Waals surface area (Å²) in [4.78, 5) is 0. The van der Waals surface area contributed by atoms with Gasteiger partial charge in [0.1, 0.15) is 0 Å². The second-order valence-electron chi connectivity index (χ2n) is 11.4. The van der Waals surface area contributed by atoms with Crippen molar-refractivity contribution >= 4 is 12.6 Å². The molecule has 204 valence electrons. The van der Waals surface area contributed by atoms with Crippen LogP contribution in [-0.2, 0) is 0 Å². The number of hydrogen-bond donors (Lipinski definition) is 0. The third-order valence-corrected chi connectivity index (χ3v) is 13.0. The van der Waals surface area contributed by atoms with E-state index in [2.05, 4.69) is 51.1 Å². The zero-order valence-corrected chi connectivity index (χ0v) is 25.4. The molecule has 1 rings (SSSR count). The summed E-state index contributed by atoms with van der Waals surface area (Å²) in [6.45, 7) is 6.98. The lowest BCUT2D eigenvalue weighted by atomic mass is 10.1. The fourth-order valence-corrected chi connectivity index (χ4v) is 10.5. The minimum absolute atomic E-state index is 1.04. The minimum Gasteiger partial charge on any atom is -0.0654 e. The van der Waals surface area contributed by atoms with E-state index >= 15 is 0 Å². The van der Waals surface area contributed by atoms with Crippen LogP contribution in [0.25, 0.3) is 0 Å². The number of benzene rings is 1. The van der Waals surface area contributed by atoms with Gasteiger partial charge in [-0.2, -0.15) is 0 Å². The monoisotopic (exact) mass is 503 g/mol. The molecule has 1 heteroatoms. The molecule has 0 atom stereocenters. The average Bonchev–Trinajstić information content (AvgIpc) is 2.89. The second-order valence-corrected chi connectivity index (χ2v) is 15.5. The summed E-state index contributed by atoms with van der Waals surface area (Å²) < 4.78 is 0. The molecule has 0 fully saturated rings. The molecule has 0 spiro atoms. The Labute approximate surface area is 223 Å². The van der Waals surface area contributed by atoms with Crippen LogP contribution in [0.4, 0.5) is 0 Å². The molecule has 1 aromatic rings. The Morgan fingerprint density at radius 1 is 0.371 bits per heavy atom. The van der Waals surface area contributed by atoms with Crippen LogP contribution < -0.4 is 5.30 Å². The summed E-state index contributed by atoms with van der Waals surface area (Å²) in [6, 6.07) is 11.9. The van der Waals surface area contributed by atoms with Crippen molar-refractivity contribution < 1.29 is 0 Å². The molecule has 0 saturated heterocycles. The molecule has 0 amide bonds. The Bertz CT molecular complexity index is 519. The summed E-state index contributed by atoms with van der Waals surface area (Å²) in [5.74, 6) is 0. The molecule has 0 aliphatic carbocycles. The lowest BCUT2D eigenvalue weighted by Gasteiger charge is -2.28. The highest BCUT2D eigenvalue weighted by molar-refractivity contribution is 7.82. The lowest BCUT2D eigenvalue weighted by molar-refractivity contribution is 0.584. The quantitative estimate of drug-likeness (QED) is 0.0870. The first kappa shape index (κ1) is 32.7. The predicted molar refractivity (Wildman–Crippen MR) is 166 cm³/mol. The van der Waals surface area contributed by atoms with E-state index in [1.165, 1.54) is 160 Å². The molecule has 0 unspecified atom stereocenters. The zero-order valence-electron chi connectivity index (χ0n) is 24.5. The van der Waals surface area contributed by atoms with E-state index in [0.29, 0.717) is 0 Å². The van der Waals surface area contributed by atoms with Crippen LogP contribution >= 0.6 is 7.26 Å². The van der Waals surface area contributed by atoms with Crippen molar-refractivity contribution in [3.63, 3.8) is 0 Å². The predicted octanol–water partition coefficient (Wildman–Crippen LogP) is 12.0. The molecule has 0 heterocycles. The van der Waals surface area contributed by atoms with Gasteiger partial charge in [0.25, 0.3) is 0 Å². The van der Waals surface area contributed by atoms with Crippen molar-refractivity contribution in [3.8, 4) is 0 Å². The molecule has 0 saturated carbocycles. The molecule has 0 N–H and O–H groups in total. The van der Waals surface area contributed by atoms with Crippen LogP contribution in [-0.4, -0.2) is 18.5 Å². The molecule has 1 aromatic carbocycles. The van der Waals surface area contributed by atoms with Gasteiger partial charge in [-0.3, -0.25) is 0 Å². The van der Waals surface area contributed by atoms with Gasteiger partial charge in [-0.15, -0.1) is 0 Å². The first-order chi connectivity index (χ1) is 17.3. The standard InChI is InChI=1S/C34H64P/c1-4-7-10-13-16-19-22-28-33-35(34-29-24-23-25-30-34,31-26-20-17-14-11-8-5-2)32-27-21-18-15-12-9-6-3/h23-25,29-30H,4-22,26-28,31-33H2,1-3H3/q+1. The third-order valence-electron chi connectivity index (χ3n) is 8.12. The Kier molecular flexibility index (Phi) is 22.4. The average molecular weight is 504 g/mol. The minimum atomic E-state index is -1.04. The van der Waals surface area contributed by atoms with Crippen LogP contribution in [0.2, 0.25) is 0 Å². The number of unbranched alkanes of at least 4 members (excludes halogenated alkanes) is 19. The van der Waals surface area contributed by atoms with Crippen molar-refractivity contribution in [1.29, 1.82) is 0 Å². The summed E-state index contributed by atoms with van der Waals surface area (Å²) in [7, 11) is -1.04. The van der Waals surface area contributed by atoms with Crippen LogP contribution in [0, 0.1) is 0 Å². The topological polar surface area (TPSA) is 0 Å². The van der Waals surface area contributed by atoms with Crippen LogP contribution in [0.1, 0.15) is 162 Å². The molecule has 0 nitrogen and oxygen atoms in total. The number of rotatable bonds is 26. The van der Waals surface area contributed by atoms with Gasteiger partial charge < -0.3 is 0 Å². The van der Waals surface area contributed by atoms with Crippen LogP contribution in [0.15, 0.2) is 30.3 Å².